The molecule has 2 atom stereocenters. The van der Waals surface area contributed by atoms with Crippen LogP contribution in [0.5, 0.6) is 11.8 Å². The largest absolute Gasteiger partial charge is 0.484 e. The van der Waals surface area contributed by atoms with Crippen LogP contribution in [-0.4, -0.2) is 53.2 Å². The number of amides is 1. The molecule has 1 aliphatic heterocycles. The van der Waals surface area contributed by atoms with Crippen LogP contribution in [-0.2, 0) is 15.7 Å². The van der Waals surface area contributed by atoms with Crippen LogP contribution in [0, 0.1) is 0 Å². The highest BCUT2D eigenvalue weighted by molar-refractivity contribution is 8.00. The highest BCUT2D eigenvalue weighted by atomic mass is 32.2. The van der Waals surface area contributed by atoms with E-state index in [4.69, 9.17) is 18.6 Å². The number of rotatable bonds is 9. The lowest BCUT2D eigenvalue weighted by atomic mass is 10.1. The first kappa shape index (κ1) is 25.9. The van der Waals surface area contributed by atoms with Gasteiger partial charge in [0.15, 0.2) is 6.61 Å². The number of nitrogens with one attached hydrogen (secondary N) is 1. The second kappa shape index (κ2) is 11.2. The van der Waals surface area contributed by atoms with Crippen molar-refractivity contribution in [2.75, 3.05) is 25.6 Å². The van der Waals surface area contributed by atoms with Gasteiger partial charge in [0.2, 0.25) is 5.89 Å². The molecule has 2 heterocycles. The van der Waals surface area contributed by atoms with Crippen molar-refractivity contribution in [2.24, 2.45) is 0 Å². The van der Waals surface area contributed by atoms with E-state index >= 15 is 0 Å². The number of carbonyl (C=O) groups is 1. The fourth-order valence-electron chi connectivity index (χ4n) is 2.91. The molecule has 1 aromatic carbocycles. The highest BCUT2D eigenvalue weighted by Crippen LogP contribution is 2.31. The Hall–Kier alpha value is -2.68. The molecule has 0 aliphatic carbocycles. The molecule has 8 nitrogen and oxygen atoms in total. The number of hydrogen-bond acceptors (Lipinski definition) is 8. The van der Waals surface area contributed by atoms with Crippen LogP contribution < -0.4 is 14.8 Å². The van der Waals surface area contributed by atoms with Crippen LogP contribution in [0.4, 0.5) is 26.3 Å². The molecule has 0 saturated carbocycles. The molecule has 1 aliphatic rings. The van der Waals surface area contributed by atoms with E-state index in [1.165, 1.54) is 0 Å². The molecule has 2 aromatic rings. The number of alkyl halides is 6. The molecule has 0 radical (unpaired) electrons. The van der Waals surface area contributed by atoms with E-state index in [0.717, 1.165) is 24.3 Å². The summed E-state index contributed by atoms with van der Waals surface area (Å²) >= 11 is -0.228. The fourth-order valence-corrected chi connectivity index (χ4v) is 3.31. The Balaban J connectivity index is 1.35. The van der Waals surface area contributed by atoms with Crippen LogP contribution in [0.3, 0.4) is 0 Å². The molecule has 1 N–H and O–H groups in total. The van der Waals surface area contributed by atoms with Gasteiger partial charge in [0.1, 0.15) is 18.5 Å². The van der Waals surface area contributed by atoms with E-state index in [1.54, 1.807) is 0 Å². The zero-order valence-electron chi connectivity index (χ0n) is 17.3. The van der Waals surface area contributed by atoms with Gasteiger partial charge in [-0.15, -0.1) is 5.10 Å². The normalized spacial score (nSPS) is 19.0. The predicted octanol–water partition coefficient (Wildman–Crippen LogP) is 4.14. The van der Waals surface area contributed by atoms with Crippen molar-refractivity contribution in [3.63, 3.8) is 0 Å². The van der Waals surface area contributed by atoms with Gasteiger partial charge in [-0.3, -0.25) is 4.79 Å². The Labute approximate surface area is 193 Å². The molecule has 3 rings (SSSR count). The molecule has 0 unspecified atom stereocenters. The second-order valence-corrected chi connectivity index (χ2v) is 8.18. The van der Waals surface area contributed by atoms with Gasteiger partial charge in [0.05, 0.1) is 18.2 Å². The second-order valence-electron chi connectivity index (χ2n) is 7.02. The van der Waals surface area contributed by atoms with Crippen molar-refractivity contribution < 1.29 is 49.8 Å². The van der Waals surface area contributed by atoms with Gasteiger partial charge in [-0.2, -0.15) is 26.3 Å². The quantitative estimate of drug-likeness (QED) is 0.394. The molecular formula is C19H19F6N3O5S. The predicted molar refractivity (Wildman–Crippen MR) is 105 cm³/mol. The summed E-state index contributed by atoms with van der Waals surface area (Å²) < 4.78 is 95.0. The topological polar surface area (TPSA) is 95.7 Å². The summed E-state index contributed by atoms with van der Waals surface area (Å²) in [5.41, 5.74) is -5.17. The van der Waals surface area contributed by atoms with E-state index in [2.05, 4.69) is 15.5 Å². The smallest absolute Gasteiger partial charge is 0.441 e. The molecule has 1 amide bonds. The molecule has 1 fully saturated rings. The molecular weight excluding hydrogens is 496 g/mol. The number of carbonyl (C=O) groups excluding carboxylic acids is 1. The maximum atomic E-state index is 12.6. The minimum absolute atomic E-state index is 0.105. The van der Waals surface area contributed by atoms with Gasteiger partial charge in [0.25, 0.3) is 5.91 Å². The third-order valence-electron chi connectivity index (χ3n) is 4.46. The monoisotopic (exact) mass is 515 g/mol. The number of thioether (sulfide) groups is 1. The van der Waals surface area contributed by atoms with Crippen molar-refractivity contribution in [2.45, 2.75) is 36.7 Å². The summed E-state index contributed by atoms with van der Waals surface area (Å²) in [5, 5.41) is 10.1. The van der Waals surface area contributed by atoms with E-state index in [1.807, 2.05) is 0 Å². The lowest BCUT2D eigenvalue weighted by Gasteiger charge is -2.27. The van der Waals surface area contributed by atoms with Gasteiger partial charge in [-0.1, -0.05) is 5.10 Å². The van der Waals surface area contributed by atoms with Gasteiger partial charge in [-0.05, 0) is 48.9 Å². The Morgan fingerprint density at radius 1 is 1.09 bits per heavy atom. The summed E-state index contributed by atoms with van der Waals surface area (Å²) in [6, 6.07) is 3.64. The summed E-state index contributed by atoms with van der Waals surface area (Å²) in [5.74, 6) is -0.578. The lowest BCUT2D eigenvalue weighted by Crippen LogP contribution is -2.43. The number of benzene rings is 1. The minimum Gasteiger partial charge on any atom is -0.484 e. The number of aromatic nitrogens is 2. The first-order valence-electron chi connectivity index (χ1n) is 9.87. The molecule has 1 aromatic heterocycles. The maximum Gasteiger partial charge on any atom is 0.441 e. The van der Waals surface area contributed by atoms with Gasteiger partial charge in [-0.25, -0.2) is 0 Å². The SMILES string of the molecule is O=C(COc1ccc(C(F)(F)F)cc1)N[C@@H]1CC[C@@H](c2nnc(OCCSC(F)(F)F)o2)OC1. The lowest BCUT2D eigenvalue weighted by molar-refractivity contribution is -0.137. The van der Waals surface area contributed by atoms with Crippen LogP contribution in [0.15, 0.2) is 28.7 Å². The molecule has 34 heavy (non-hydrogen) atoms. The summed E-state index contributed by atoms with van der Waals surface area (Å²) in [6.45, 7) is -0.528. The van der Waals surface area contributed by atoms with Crippen molar-refractivity contribution in [1.82, 2.24) is 15.5 Å². The van der Waals surface area contributed by atoms with E-state index in [0.29, 0.717) is 12.8 Å². The van der Waals surface area contributed by atoms with Crippen LogP contribution in [0.1, 0.15) is 30.4 Å². The molecule has 1 saturated heterocycles. The van der Waals surface area contributed by atoms with Crippen molar-refractivity contribution in [3.05, 3.63) is 35.7 Å². The Morgan fingerprint density at radius 3 is 2.44 bits per heavy atom. The third kappa shape index (κ3) is 8.27. The maximum absolute atomic E-state index is 12.6. The number of halogens is 6. The van der Waals surface area contributed by atoms with Gasteiger partial charge in [0, 0.05) is 5.75 Å². The first-order valence-corrected chi connectivity index (χ1v) is 10.9. The van der Waals surface area contributed by atoms with Gasteiger partial charge >= 0.3 is 17.8 Å². The number of hydrogen-bond donors (Lipinski definition) is 1. The Bertz CT molecular complexity index is 930. The average molecular weight is 515 g/mol. The minimum atomic E-state index is -4.46. The number of nitrogens with zero attached hydrogens (tertiary/aromatic N) is 2. The standard InChI is InChI=1S/C19H19F6N3O5S/c20-18(21,22)11-1-4-13(5-2-11)31-10-15(29)26-12-3-6-14(32-9-12)16-27-28-17(33-16)30-7-8-34-19(23,24)25/h1-2,4-5,12,14H,3,6-10H2,(H,26,29)/t12-,14+/m1/s1. The number of ether oxygens (including phenoxy) is 3. The molecule has 15 heteroatoms. The average Bonchev–Trinajstić information content (AvgIpc) is 3.24. The van der Waals surface area contributed by atoms with E-state index in [-0.39, 0.29) is 61.1 Å². The first-order chi connectivity index (χ1) is 16.0. The summed E-state index contributed by atoms with van der Waals surface area (Å²) in [6.07, 6.45) is -4.38. The Kier molecular flexibility index (Phi) is 8.52. The van der Waals surface area contributed by atoms with Crippen LogP contribution in [0.2, 0.25) is 0 Å². The molecule has 188 valence electrons. The zero-order chi connectivity index (χ0) is 24.8. The Morgan fingerprint density at radius 2 is 1.82 bits per heavy atom. The van der Waals surface area contributed by atoms with E-state index in [9.17, 15) is 31.1 Å². The van der Waals surface area contributed by atoms with Crippen LogP contribution in [0.25, 0.3) is 0 Å². The van der Waals surface area contributed by atoms with Gasteiger partial charge < -0.3 is 23.9 Å². The van der Waals surface area contributed by atoms with E-state index < -0.39 is 29.3 Å². The molecule has 0 bridgehead atoms. The fraction of sp³-hybridized carbons (Fsp3) is 0.526. The van der Waals surface area contributed by atoms with Crippen molar-refractivity contribution >= 4 is 17.7 Å². The third-order valence-corrected chi connectivity index (χ3v) is 5.16. The molecule has 0 spiro atoms. The summed E-state index contributed by atoms with van der Waals surface area (Å²) in [7, 11) is 0. The summed E-state index contributed by atoms with van der Waals surface area (Å²) in [4.78, 5) is 12.1. The zero-order valence-corrected chi connectivity index (χ0v) is 18.1. The van der Waals surface area contributed by atoms with Crippen molar-refractivity contribution in [3.8, 4) is 11.8 Å². The highest BCUT2D eigenvalue weighted by Gasteiger charge is 2.31. The van der Waals surface area contributed by atoms with Crippen LogP contribution >= 0.6 is 11.8 Å². The van der Waals surface area contributed by atoms with Crippen molar-refractivity contribution in [1.29, 1.82) is 0 Å².